The quantitative estimate of drug-likeness (QED) is 0.739. The monoisotopic (exact) mass is 296 g/mol. The van der Waals surface area contributed by atoms with Gasteiger partial charge in [-0.3, -0.25) is 0 Å². The molecule has 1 aromatic rings. The summed E-state index contributed by atoms with van der Waals surface area (Å²) in [5, 5.41) is 0. The van der Waals surface area contributed by atoms with Gasteiger partial charge < -0.3 is 4.74 Å². The van der Waals surface area contributed by atoms with Crippen molar-refractivity contribution in [2.24, 2.45) is 5.41 Å². The topological polar surface area (TPSA) is 9.23 Å². The van der Waals surface area contributed by atoms with E-state index in [1.807, 2.05) is 0 Å². The highest BCUT2D eigenvalue weighted by Crippen LogP contribution is 2.50. The zero-order chi connectivity index (χ0) is 12.6. The van der Waals surface area contributed by atoms with Gasteiger partial charge in [0.1, 0.15) is 11.9 Å². The number of benzene rings is 1. The van der Waals surface area contributed by atoms with Crippen molar-refractivity contribution in [2.45, 2.75) is 51.5 Å². The zero-order valence-electron chi connectivity index (χ0n) is 11.1. The molecule has 1 saturated carbocycles. The van der Waals surface area contributed by atoms with Gasteiger partial charge in [0, 0.05) is 10.2 Å². The molecule has 1 aliphatic rings. The van der Waals surface area contributed by atoms with E-state index in [2.05, 4.69) is 61.8 Å². The van der Waals surface area contributed by atoms with Gasteiger partial charge in [0.05, 0.1) is 0 Å². The molecule has 0 bridgehead atoms. The van der Waals surface area contributed by atoms with Crippen molar-refractivity contribution in [3.63, 3.8) is 0 Å². The second kappa shape index (κ2) is 4.64. The van der Waals surface area contributed by atoms with Crippen LogP contribution in [0.2, 0.25) is 0 Å². The van der Waals surface area contributed by atoms with Gasteiger partial charge in [0.2, 0.25) is 0 Å². The maximum absolute atomic E-state index is 6.21. The molecule has 2 rings (SSSR count). The first kappa shape index (κ1) is 12.9. The van der Waals surface area contributed by atoms with Crippen molar-refractivity contribution in [3.8, 4) is 5.75 Å². The second-order valence-electron chi connectivity index (χ2n) is 5.44. The Balaban J connectivity index is 2.14. The molecule has 0 spiro atoms. The van der Waals surface area contributed by atoms with Gasteiger partial charge in [-0.1, -0.05) is 41.9 Å². The Morgan fingerprint density at radius 2 is 2.12 bits per heavy atom. The summed E-state index contributed by atoms with van der Waals surface area (Å²) in [4.78, 5) is 0.593. The first-order valence-electron chi connectivity index (χ1n) is 6.35. The van der Waals surface area contributed by atoms with Crippen LogP contribution in [0, 0.1) is 19.3 Å². The first-order chi connectivity index (χ1) is 7.97. The molecule has 0 N–H and O–H groups in total. The molecule has 17 heavy (non-hydrogen) atoms. The Morgan fingerprint density at radius 1 is 1.41 bits per heavy atom. The smallest absolute Gasteiger partial charge is 0.122 e. The van der Waals surface area contributed by atoms with Gasteiger partial charge in [0.25, 0.3) is 0 Å². The summed E-state index contributed by atoms with van der Waals surface area (Å²) in [7, 11) is 0. The zero-order valence-corrected chi connectivity index (χ0v) is 12.7. The van der Waals surface area contributed by atoms with E-state index in [0.29, 0.717) is 10.9 Å². The molecule has 1 fully saturated rings. The standard InChI is InChI=1S/C15H21BrO/c1-5-15(4)13(16)9-14(15)17-12-8-10(2)6-7-11(12)3/h6-8,13-14H,5,9H2,1-4H3. The third-order valence-electron chi connectivity index (χ3n) is 4.25. The van der Waals surface area contributed by atoms with Crippen molar-refractivity contribution in [2.75, 3.05) is 0 Å². The maximum Gasteiger partial charge on any atom is 0.122 e. The SMILES string of the molecule is CCC1(C)C(Br)CC1Oc1cc(C)ccc1C. The van der Waals surface area contributed by atoms with Gasteiger partial charge >= 0.3 is 0 Å². The second-order valence-corrected chi connectivity index (χ2v) is 6.54. The molecule has 3 unspecified atom stereocenters. The minimum Gasteiger partial charge on any atom is -0.489 e. The average molecular weight is 297 g/mol. The number of halogens is 1. The fourth-order valence-electron chi connectivity index (χ4n) is 2.39. The van der Waals surface area contributed by atoms with Crippen molar-refractivity contribution < 1.29 is 4.74 Å². The van der Waals surface area contributed by atoms with Gasteiger partial charge in [-0.05, 0) is 43.9 Å². The van der Waals surface area contributed by atoms with Crippen molar-refractivity contribution in [1.82, 2.24) is 0 Å². The highest BCUT2D eigenvalue weighted by atomic mass is 79.9. The van der Waals surface area contributed by atoms with E-state index < -0.39 is 0 Å². The van der Waals surface area contributed by atoms with Crippen LogP contribution in [0.5, 0.6) is 5.75 Å². The summed E-state index contributed by atoms with van der Waals surface area (Å²) < 4.78 is 6.21. The maximum atomic E-state index is 6.21. The molecule has 0 aromatic heterocycles. The largest absolute Gasteiger partial charge is 0.489 e. The molecule has 2 heteroatoms. The number of alkyl halides is 1. The lowest BCUT2D eigenvalue weighted by molar-refractivity contribution is -0.0247. The van der Waals surface area contributed by atoms with E-state index >= 15 is 0 Å². The van der Waals surface area contributed by atoms with Crippen molar-refractivity contribution >= 4 is 15.9 Å². The van der Waals surface area contributed by atoms with E-state index in [0.717, 1.165) is 18.6 Å². The molecule has 1 aliphatic carbocycles. The Morgan fingerprint density at radius 3 is 2.71 bits per heavy atom. The predicted molar refractivity (Wildman–Crippen MR) is 76.1 cm³/mol. The number of rotatable bonds is 3. The molecule has 1 nitrogen and oxygen atoms in total. The molecule has 0 saturated heterocycles. The van der Waals surface area contributed by atoms with Gasteiger partial charge in [0.15, 0.2) is 0 Å². The number of ether oxygens (including phenoxy) is 1. The molecular weight excluding hydrogens is 276 g/mol. The predicted octanol–water partition coefficient (Wildman–Crippen LogP) is 4.63. The lowest BCUT2D eigenvalue weighted by Crippen LogP contribution is -2.54. The average Bonchev–Trinajstić information content (AvgIpc) is 2.32. The number of hydrogen-bond acceptors (Lipinski definition) is 1. The summed E-state index contributed by atoms with van der Waals surface area (Å²) in [6.45, 7) is 8.78. The van der Waals surface area contributed by atoms with Gasteiger partial charge in [-0.25, -0.2) is 0 Å². The summed E-state index contributed by atoms with van der Waals surface area (Å²) in [5.41, 5.74) is 2.77. The minimum absolute atomic E-state index is 0.274. The molecule has 3 atom stereocenters. The third kappa shape index (κ3) is 2.24. The van der Waals surface area contributed by atoms with E-state index in [4.69, 9.17) is 4.74 Å². The fourth-order valence-corrected chi connectivity index (χ4v) is 3.35. The minimum atomic E-state index is 0.274. The van der Waals surface area contributed by atoms with Crippen LogP contribution < -0.4 is 4.74 Å². The van der Waals surface area contributed by atoms with Crippen molar-refractivity contribution in [1.29, 1.82) is 0 Å². The van der Waals surface area contributed by atoms with Crippen LogP contribution in [-0.4, -0.2) is 10.9 Å². The molecular formula is C15H21BrO. The Hall–Kier alpha value is -0.500. The van der Waals surface area contributed by atoms with Crippen molar-refractivity contribution in [3.05, 3.63) is 29.3 Å². The van der Waals surface area contributed by atoms with Crippen LogP contribution >= 0.6 is 15.9 Å². The summed E-state index contributed by atoms with van der Waals surface area (Å²) >= 11 is 3.75. The molecule has 0 aliphatic heterocycles. The lowest BCUT2D eigenvalue weighted by Gasteiger charge is -2.50. The number of hydrogen-bond donors (Lipinski definition) is 0. The Labute approximate surface area is 113 Å². The highest BCUT2D eigenvalue weighted by Gasteiger charge is 2.50. The number of aryl methyl sites for hydroxylation is 2. The van der Waals surface area contributed by atoms with E-state index in [-0.39, 0.29) is 5.41 Å². The summed E-state index contributed by atoms with van der Waals surface area (Å²) in [6, 6.07) is 6.42. The van der Waals surface area contributed by atoms with Crippen LogP contribution in [0.25, 0.3) is 0 Å². The Kier molecular flexibility index (Phi) is 3.53. The van der Waals surface area contributed by atoms with E-state index in [1.54, 1.807) is 0 Å². The molecule has 1 aromatic carbocycles. The molecule has 0 heterocycles. The van der Waals surface area contributed by atoms with Crippen LogP contribution in [0.3, 0.4) is 0 Å². The van der Waals surface area contributed by atoms with E-state index in [1.165, 1.54) is 11.1 Å². The summed E-state index contributed by atoms with van der Waals surface area (Å²) in [6.07, 6.45) is 2.60. The lowest BCUT2D eigenvalue weighted by atomic mass is 9.65. The molecule has 0 radical (unpaired) electrons. The fraction of sp³-hybridized carbons (Fsp3) is 0.600. The van der Waals surface area contributed by atoms with Crippen LogP contribution in [0.15, 0.2) is 18.2 Å². The third-order valence-corrected chi connectivity index (χ3v) is 5.67. The first-order valence-corrected chi connectivity index (χ1v) is 7.27. The Bertz CT molecular complexity index is 415. The molecule has 0 amide bonds. The van der Waals surface area contributed by atoms with Gasteiger partial charge in [-0.15, -0.1) is 0 Å². The van der Waals surface area contributed by atoms with Gasteiger partial charge in [-0.2, -0.15) is 0 Å². The highest BCUT2D eigenvalue weighted by molar-refractivity contribution is 9.09. The van der Waals surface area contributed by atoms with E-state index in [9.17, 15) is 0 Å². The van der Waals surface area contributed by atoms with Crippen LogP contribution in [0.4, 0.5) is 0 Å². The molecule has 94 valence electrons. The normalized spacial score (nSPS) is 32.1. The summed E-state index contributed by atoms with van der Waals surface area (Å²) in [5.74, 6) is 1.05. The van der Waals surface area contributed by atoms with Crippen LogP contribution in [-0.2, 0) is 0 Å². The van der Waals surface area contributed by atoms with Crippen LogP contribution in [0.1, 0.15) is 37.8 Å².